The van der Waals surface area contributed by atoms with Gasteiger partial charge in [-0.3, -0.25) is 4.79 Å². The zero-order valence-electron chi connectivity index (χ0n) is 13.0. The van der Waals surface area contributed by atoms with Gasteiger partial charge in [0.05, 0.1) is 13.4 Å². The Labute approximate surface area is 130 Å². The molecule has 118 valence electrons. The monoisotopic (exact) mass is 303 g/mol. The lowest BCUT2D eigenvalue weighted by atomic mass is 10.1. The van der Waals surface area contributed by atoms with E-state index in [-0.39, 0.29) is 11.9 Å². The summed E-state index contributed by atoms with van der Waals surface area (Å²) in [5, 5.41) is 4.88. The first-order valence-corrected chi connectivity index (χ1v) is 7.46. The number of furan rings is 1. The molecule has 0 saturated carbocycles. The van der Waals surface area contributed by atoms with Gasteiger partial charge in [-0.2, -0.15) is 0 Å². The van der Waals surface area contributed by atoms with Gasteiger partial charge in [-0.15, -0.1) is 0 Å². The molecule has 1 amide bonds. The molecule has 0 bridgehead atoms. The Kier molecular flexibility index (Phi) is 6.03. The molecule has 0 aliphatic carbocycles. The summed E-state index contributed by atoms with van der Waals surface area (Å²) in [6.07, 6.45) is 2.40. The lowest BCUT2D eigenvalue weighted by Crippen LogP contribution is -2.87. The van der Waals surface area contributed by atoms with Crippen LogP contribution in [0.4, 0.5) is 0 Å². The third-order valence-electron chi connectivity index (χ3n) is 3.56. The van der Waals surface area contributed by atoms with Gasteiger partial charge in [-0.1, -0.05) is 18.2 Å². The second kappa shape index (κ2) is 8.24. The standard InChI is InChI=1S/C17H22N2O3/c1-13(15-8-5-11-22-15)19-12-17(20)18-10-9-14-6-3-4-7-16(14)21-2/h3-8,11,13,19H,9-10,12H2,1-2H3,(H,18,20)/p+1/t13-/m0/s1. The zero-order chi connectivity index (χ0) is 15.8. The van der Waals surface area contributed by atoms with Crippen LogP contribution in [0.5, 0.6) is 5.75 Å². The molecule has 1 heterocycles. The molecule has 0 spiro atoms. The van der Waals surface area contributed by atoms with Crippen LogP contribution in [-0.2, 0) is 11.2 Å². The molecule has 3 N–H and O–H groups in total. The normalized spacial score (nSPS) is 11.9. The van der Waals surface area contributed by atoms with Gasteiger partial charge in [-0.25, -0.2) is 0 Å². The van der Waals surface area contributed by atoms with Crippen molar-refractivity contribution in [2.24, 2.45) is 0 Å². The van der Waals surface area contributed by atoms with Crippen molar-refractivity contribution in [1.29, 1.82) is 0 Å². The van der Waals surface area contributed by atoms with Gasteiger partial charge in [0.25, 0.3) is 5.91 Å². The molecule has 0 saturated heterocycles. The van der Waals surface area contributed by atoms with Crippen LogP contribution in [0.15, 0.2) is 47.1 Å². The Morgan fingerprint density at radius 3 is 2.86 bits per heavy atom. The number of hydrogen-bond acceptors (Lipinski definition) is 3. The molecule has 0 aliphatic heterocycles. The largest absolute Gasteiger partial charge is 0.496 e. The van der Waals surface area contributed by atoms with Crippen LogP contribution in [-0.4, -0.2) is 26.1 Å². The van der Waals surface area contributed by atoms with E-state index in [1.807, 2.05) is 48.6 Å². The van der Waals surface area contributed by atoms with Gasteiger partial charge in [0.1, 0.15) is 11.8 Å². The fraction of sp³-hybridized carbons (Fsp3) is 0.353. The molecule has 2 aromatic rings. The number of nitrogens with one attached hydrogen (secondary N) is 1. The maximum absolute atomic E-state index is 11.9. The molecule has 0 unspecified atom stereocenters. The molecule has 1 aromatic carbocycles. The molecule has 5 heteroatoms. The number of amides is 1. The van der Waals surface area contributed by atoms with E-state index >= 15 is 0 Å². The van der Waals surface area contributed by atoms with E-state index in [1.54, 1.807) is 13.4 Å². The summed E-state index contributed by atoms with van der Waals surface area (Å²) >= 11 is 0. The number of benzene rings is 1. The average molecular weight is 303 g/mol. The minimum absolute atomic E-state index is 0.0216. The third-order valence-corrected chi connectivity index (χ3v) is 3.56. The minimum atomic E-state index is 0.0216. The SMILES string of the molecule is COc1ccccc1CCNC(=O)C[NH2+][C@@H](C)c1ccco1. The zero-order valence-corrected chi connectivity index (χ0v) is 13.0. The number of ether oxygens (including phenoxy) is 1. The van der Waals surface area contributed by atoms with Crippen molar-refractivity contribution in [2.75, 3.05) is 20.2 Å². The number of hydrogen-bond donors (Lipinski definition) is 2. The van der Waals surface area contributed by atoms with Crippen LogP contribution in [0, 0.1) is 0 Å². The minimum Gasteiger partial charge on any atom is -0.496 e. The quantitative estimate of drug-likeness (QED) is 0.772. The second-order valence-electron chi connectivity index (χ2n) is 5.16. The maximum atomic E-state index is 11.9. The van der Waals surface area contributed by atoms with E-state index in [2.05, 4.69) is 5.32 Å². The number of carbonyl (C=O) groups is 1. The summed E-state index contributed by atoms with van der Waals surface area (Å²) in [5.41, 5.74) is 1.10. The van der Waals surface area contributed by atoms with Crippen LogP contribution < -0.4 is 15.4 Å². The second-order valence-corrected chi connectivity index (χ2v) is 5.16. The highest BCUT2D eigenvalue weighted by molar-refractivity contribution is 5.76. The number of nitrogens with two attached hydrogens (primary N) is 1. The lowest BCUT2D eigenvalue weighted by molar-refractivity contribution is -0.684. The smallest absolute Gasteiger partial charge is 0.275 e. The van der Waals surface area contributed by atoms with Crippen molar-refractivity contribution in [2.45, 2.75) is 19.4 Å². The fourth-order valence-electron chi connectivity index (χ4n) is 2.27. The highest BCUT2D eigenvalue weighted by atomic mass is 16.5. The maximum Gasteiger partial charge on any atom is 0.275 e. The van der Waals surface area contributed by atoms with Crippen LogP contribution in [0.2, 0.25) is 0 Å². The predicted octanol–water partition coefficient (Wildman–Crippen LogP) is 1.27. The number of quaternary nitrogens is 1. The van der Waals surface area contributed by atoms with Crippen molar-refractivity contribution in [3.05, 3.63) is 54.0 Å². The third kappa shape index (κ3) is 4.63. The van der Waals surface area contributed by atoms with Crippen molar-refractivity contribution in [3.63, 3.8) is 0 Å². The average Bonchev–Trinajstić information content (AvgIpc) is 3.07. The van der Waals surface area contributed by atoms with Gasteiger partial charge < -0.3 is 19.8 Å². The van der Waals surface area contributed by atoms with Crippen LogP contribution in [0.25, 0.3) is 0 Å². The molecule has 0 fully saturated rings. The molecule has 1 atom stereocenters. The molecule has 5 nitrogen and oxygen atoms in total. The molecular weight excluding hydrogens is 280 g/mol. The van der Waals surface area contributed by atoms with Gasteiger partial charge >= 0.3 is 0 Å². The Hall–Kier alpha value is -2.27. The van der Waals surface area contributed by atoms with Crippen molar-refractivity contribution in [1.82, 2.24) is 5.32 Å². The highest BCUT2D eigenvalue weighted by Crippen LogP contribution is 2.17. The number of methoxy groups -OCH3 is 1. The van der Waals surface area contributed by atoms with Gasteiger partial charge in [0, 0.05) is 6.54 Å². The van der Waals surface area contributed by atoms with Gasteiger partial charge in [0.15, 0.2) is 12.3 Å². The molecule has 2 rings (SSSR count). The fourth-order valence-corrected chi connectivity index (χ4v) is 2.27. The Morgan fingerprint density at radius 2 is 2.14 bits per heavy atom. The van der Waals surface area contributed by atoms with Crippen LogP contribution in [0.1, 0.15) is 24.3 Å². The molecular formula is C17H23N2O3+. The number of rotatable bonds is 8. The predicted molar refractivity (Wildman–Crippen MR) is 83.6 cm³/mol. The van der Waals surface area contributed by atoms with Gasteiger partial charge in [0.2, 0.25) is 0 Å². The summed E-state index contributed by atoms with van der Waals surface area (Å²) in [6, 6.07) is 11.7. The van der Waals surface area contributed by atoms with E-state index in [1.165, 1.54) is 0 Å². The van der Waals surface area contributed by atoms with E-state index in [0.29, 0.717) is 13.1 Å². The molecule has 0 radical (unpaired) electrons. The van der Waals surface area contributed by atoms with E-state index in [0.717, 1.165) is 23.5 Å². The summed E-state index contributed by atoms with van der Waals surface area (Å²) < 4.78 is 10.6. The summed E-state index contributed by atoms with van der Waals surface area (Å²) in [5.74, 6) is 1.75. The number of carbonyl (C=O) groups excluding carboxylic acids is 1. The Morgan fingerprint density at radius 1 is 1.32 bits per heavy atom. The van der Waals surface area contributed by atoms with Gasteiger partial charge in [-0.05, 0) is 37.1 Å². The lowest BCUT2D eigenvalue weighted by Gasteiger charge is -2.10. The van der Waals surface area contributed by atoms with E-state index < -0.39 is 0 Å². The van der Waals surface area contributed by atoms with E-state index in [9.17, 15) is 4.79 Å². The first-order valence-electron chi connectivity index (χ1n) is 7.46. The topological polar surface area (TPSA) is 68.1 Å². The molecule has 0 aliphatic rings. The first-order chi connectivity index (χ1) is 10.7. The first kappa shape index (κ1) is 16.1. The summed E-state index contributed by atoms with van der Waals surface area (Å²) in [4.78, 5) is 11.9. The molecule has 22 heavy (non-hydrogen) atoms. The Bertz CT molecular complexity index is 581. The Balaban J connectivity index is 1.69. The molecule has 1 aromatic heterocycles. The van der Waals surface area contributed by atoms with Crippen LogP contribution in [0.3, 0.4) is 0 Å². The number of para-hydroxylation sites is 1. The van der Waals surface area contributed by atoms with E-state index in [4.69, 9.17) is 9.15 Å². The summed E-state index contributed by atoms with van der Waals surface area (Å²) in [6.45, 7) is 3.00. The highest BCUT2D eigenvalue weighted by Gasteiger charge is 2.13. The summed E-state index contributed by atoms with van der Waals surface area (Å²) in [7, 11) is 1.66. The van der Waals surface area contributed by atoms with Crippen molar-refractivity contribution < 1.29 is 19.3 Å². The van der Waals surface area contributed by atoms with Crippen molar-refractivity contribution in [3.8, 4) is 5.75 Å². The van der Waals surface area contributed by atoms with Crippen molar-refractivity contribution >= 4 is 5.91 Å². The van der Waals surface area contributed by atoms with Crippen LogP contribution >= 0.6 is 0 Å².